The second-order valence-electron chi connectivity index (χ2n) is 10.4. The summed E-state index contributed by atoms with van der Waals surface area (Å²) in [6.45, 7) is 2.21. The van der Waals surface area contributed by atoms with Gasteiger partial charge in [-0.2, -0.15) is 0 Å². The molecule has 1 aromatic rings. The van der Waals surface area contributed by atoms with E-state index in [0.717, 1.165) is 49.7 Å². The number of rotatable bonds is 3. The number of phenols is 1. The van der Waals surface area contributed by atoms with E-state index >= 15 is 0 Å². The van der Waals surface area contributed by atoms with Crippen LogP contribution in [-0.4, -0.2) is 73.4 Å². The SMILES string of the molecule is C[C@]12CC[C@@H]3c4cc(O)c(OC5O[C@H](C(=O)O)[C@@H](O)[C@H](O)[C@H]5O)cc4CC[C@H]3[C@@H]1CC[C@@H]2O. The highest BCUT2D eigenvalue weighted by atomic mass is 16.7. The Morgan fingerprint density at radius 1 is 1.06 bits per heavy atom. The molecule has 9 nitrogen and oxygen atoms in total. The fourth-order valence-electron chi connectivity index (χ4n) is 6.93. The maximum atomic E-state index is 11.3. The lowest BCUT2D eigenvalue weighted by molar-refractivity contribution is -0.271. The van der Waals surface area contributed by atoms with Gasteiger partial charge >= 0.3 is 5.97 Å². The highest BCUT2D eigenvalue weighted by Gasteiger charge is 2.54. The van der Waals surface area contributed by atoms with E-state index in [1.807, 2.05) is 0 Å². The molecule has 0 spiro atoms. The highest BCUT2D eigenvalue weighted by molar-refractivity contribution is 5.73. The van der Waals surface area contributed by atoms with Crippen LogP contribution in [0.5, 0.6) is 11.5 Å². The van der Waals surface area contributed by atoms with Gasteiger partial charge in [0.05, 0.1) is 6.10 Å². The van der Waals surface area contributed by atoms with Gasteiger partial charge in [-0.25, -0.2) is 4.79 Å². The third kappa shape index (κ3) is 3.52. The van der Waals surface area contributed by atoms with Crippen LogP contribution in [0, 0.1) is 17.3 Å². The fraction of sp³-hybridized carbons (Fsp3) is 0.708. The third-order valence-electron chi connectivity index (χ3n) is 8.81. The predicted molar refractivity (Wildman–Crippen MR) is 114 cm³/mol. The van der Waals surface area contributed by atoms with Gasteiger partial charge in [-0.05, 0) is 85.0 Å². The van der Waals surface area contributed by atoms with E-state index < -0.39 is 36.7 Å². The second-order valence-corrected chi connectivity index (χ2v) is 10.4. The van der Waals surface area contributed by atoms with Gasteiger partial charge in [0.1, 0.15) is 18.3 Å². The van der Waals surface area contributed by atoms with Crippen molar-refractivity contribution in [1.29, 1.82) is 0 Å². The average molecular weight is 465 g/mol. The Labute approximate surface area is 191 Å². The van der Waals surface area contributed by atoms with E-state index in [0.29, 0.717) is 17.8 Å². The molecule has 4 aliphatic rings. The summed E-state index contributed by atoms with van der Waals surface area (Å²) in [5, 5.41) is 60.6. The van der Waals surface area contributed by atoms with E-state index in [1.54, 1.807) is 12.1 Å². The maximum Gasteiger partial charge on any atom is 0.335 e. The molecule has 0 radical (unpaired) electrons. The first-order valence-corrected chi connectivity index (χ1v) is 11.7. The number of benzene rings is 1. The number of aliphatic hydroxyl groups excluding tert-OH is 4. The van der Waals surface area contributed by atoms with Crippen molar-refractivity contribution < 1.29 is 44.9 Å². The molecule has 182 valence electrons. The van der Waals surface area contributed by atoms with Crippen LogP contribution in [0.2, 0.25) is 0 Å². The summed E-state index contributed by atoms with van der Waals surface area (Å²) in [5.74, 6) is -0.412. The summed E-state index contributed by atoms with van der Waals surface area (Å²) >= 11 is 0. The first kappa shape index (κ1) is 22.9. The number of aliphatic hydroxyl groups is 4. The number of hydrogen-bond acceptors (Lipinski definition) is 8. The molecule has 3 fully saturated rings. The van der Waals surface area contributed by atoms with Crippen LogP contribution < -0.4 is 4.74 Å². The zero-order chi connectivity index (χ0) is 23.7. The fourth-order valence-corrected chi connectivity index (χ4v) is 6.93. The van der Waals surface area contributed by atoms with Crippen LogP contribution in [0.4, 0.5) is 0 Å². The molecule has 0 amide bonds. The van der Waals surface area contributed by atoms with Gasteiger partial charge in [0.2, 0.25) is 6.29 Å². The Bertz CT molecular complexity index is 935. The molecule has 1 heterocycles. The molecular formula is C24H32O9. The van der Waals surface area contributed by atoms with Gasteiger partial charge < -0.3 is 40.1 Å². The van der Waals surface area contributed by atoms with E-state index in [4.69, 9.17) is 9.47 Å². The number of carbonyl (C=O) groups is 1. The van der Waals surface area contributed by atoms with Crippen molar-refractivity contribution in [2.75, 3.05) is 0 Å². The highest BCUT2D eigenvalue weighted by Crippen LogP contribution is 2.61. The lowest BCUT2D eigenvalue weighted by atomic mass is 9.55. The summed E-state index contributed by atoms with van der Waals surface area (Å²) in [7, 11) is 0. The van der Waals surface area contributed by atoms with Crippen LogP contribution in [0.3, 0.4) is 0 Å². The standard InChI is InChI=1S/C24H32O9/c1-24-7-6-11-12(14(24)4-5-17(24)26)3-2-10-8-16(15(25)9-13(10)11)32-23-20(29)18(27)19(28)21(33-23)22(30)31/h8-9,11-12,14,17-21,23,25-29H,2-7H2,1H3,(H,30,31)/t11-,12+,14-,17-,18-,19-,20+,21-,23?,24-/m0/s1. The minimum atomic E-state index is -1.81. The molecule has 6 N–H and O–H groups in total. The van der Waals surface area contributed by atoms with Gasteiger partial charge in [0, 0.05) is 0 Å². The predicted octanol–water partition coefficient (Wildman–Crippen LogP) is 0.880. The number of hydrogen-bond donors (Lipinski definition) is 6. The van der Waals surface area contributed by atoms with Gasteiger partial charge in [0.25, 0.3) is 0 Å². The van der Waals surface area contributed by atoms with Gasteiger partial charge in [0.15, 0.2) is 17.6 Å². The average Bonchev–Trinajstić information content (AvgIpc) is 3.08. The lowest BCUT2D eigenvalue weighted by Gasteiger charge is -2.50. The molecule has 1 aliphatic heterocycles. The molecule has 3 aliphatic carbocycles. The van der Waals surface area contributed by atoms with Gasteiger partial charge in [-0.3, -0.25) is 0 Å². The van der Waals surface area contributed by atoms with Gasteiger partial charge in [-0.15, -0.1) is 0 Å². The van der Waals surface area contributed by atoms with Crippen molar-refractivity contribution in [1.82, 2.24) is 0 Å². The number of aromatic hydroxyl groups is 1. The normalized spacial score (nSPS) is 44.5. The molecule has 5 rings (SSSR count). The quantitative estimate of drug-likeness (QED) is 0.382. The molecule has 1 saturated heterocycles. The minimum absolute atomic E-state index is 0.0286. The number of carboxylic acid groups (broad SMARTS) is 1. The molecule has 2 saturated carbocycles. The molecule has 1 unspecified atom stereocenters. The topological polar surface area (TPSA) is 157 Å². The Morgan fingerprint density at radius 2 is 1.82 bits per heavy atom. The monoisotopic (exact) mass is 464 g/mol. The number of ether oxygens (including phenoxy) is 2. The third-order valence-corrected chi connectivity index (χ3v) is 8.81. The molecule has 10 atom stereocenters. The first-order valence-electron chi connectivity index (χ1n) is 11.7. The Balaban J connectivity index is 1.39. The summed E-state index contributed by atoms with van der Waals surface area (Å²) in [6.07, 6.45) is -3.36. The van der Waals surface area contributed by atoms with Crippen molar-refractivity contribution in [3.63, 3.8) is 0 Å². The number of aryl methyl sites for hydroxylation is 1. The Morgan fingerprint density at radius 3 is 2.55 bits per heavy atom. The Hall–Kier alpha value is -1.91. The van der Waals surface area contributed by atoms with E-state index in [1.165, 1.54) is 0 Å². The van der Waals surface area contributed by atoms with Crippen LogP contribution in [0.1, 0.15) is 56.1 Å². The van der Waals surface area contributed by atoms with Crippen LogP contribution >= 0.6 is 0 Å². The summed E-state index contributed by atoms with van der Waals surface area (Å²) in [4.78, 5) is 11.3. The van der Waals surface area contributed by atoms with E-state index in [9.17, 15) is 35.4 Å². The van der Waals surface area contributed by atoms with Gasteiger partial charge in [-0.1, -0.05) is 6.92 Å². The molecule has 9 heteroatoms. The van der Waals surface area contributed by atoms with Crippen LogP contribution in [0.25, 0.3) is 0 Å². The smallest absolute Gasteiger partial charge is 0.335 e. The summed E-state index contributed by atoms with van der Waals surface area (Å²) in [6, 6.07) is 3.38. The molecule has 0 bridgehead atoms. The second kappa shape index (κ2) is 8.09. The van der Waals surface area contributed by atoms with Crippen molar-refractivity contribution >= 4 is 5.97 Å². The zero-order valence-electron chi connectivity index (χ0n) is 18.5. The van der Waals surface area contributed by atoms with Crippen molar-refractivity contribution in [2.45, 2.75) is 88.2 Å². The molecule has 33 heavy (non-hydrogen) atoms. The Kier molecular flexibility index (Phi) is 5.61. The number of aliphatic carboxylic acids is 1. The number of fused-ring (bicyclic) bond motifs is 5. The van der Waals surface area contributed by atoms with Crippen molar-refractivity contribution in [3.05, 3.63) is 23.3 Å². The largest absolute Gasteiger partial charge is 0.504 e. The maximum absolute atomic E-state index is 11.3. The molecular weight excluding hydrogens is 432 g/mol. The minimum Gasteiger partial charge on any atom is -0.504 e. The number of phenolic OH excluding ortho intramolecular Hbond substituents is 1. The van der Waals surface area contributed by atoms with E-state index in [-0.39, 0.29) is 23.0 Å². The summed E-state index contributed by atoms with van der Waals surface area (Å²) in [5.41, 5.74) is 2.06. The van der Waals surface area contributed by atoms with Crippen molar-refractivity contribution in [3.8, 4) is 11.5 Å². The van der Waals surface area contributed by atoms with Crippen LogP contribution in [0.15, 0.2) is 12.1 Å². The lowest BCUT2D eigenvalue weighted by Crippen LogP contribution is -2.61. The van der Waals surface area contributed by atoms with Crippen molar-refractivity contribution in [2.24, 2.45) is 17.3 Å². The first-order chi connectivity index (χ1) is 15.6. The number of carboxylic acids is 1. The molecule has 1 aromatic carbocycles. The molecule has 0 aromatic heterocycles. The van der Waals surface area contributed by atoms with Crippen LogP contribution in [-0.2, 0) is 16.0 Å². The van der Waals surface area contributed by atoms with E-state index in [2.05, 4.69) is 6.92 Å². The zero-order valence-corrected chi connectivity index (χ0v) is 18.5. The summed E-state index contributed by atoms with van der Waals surface area (Å²) < 4.78 is 10.8.